The monoisotopic (exact) mass is 210 g/mol. The summed E-state index contributed by atoms with van der Waals surface area (Å²) in [5.41, 5.74) is 5.68. The highest BCUT2D eigenvalue weighted by molar-refractivity contribution is 6.34. The molecule has 1 aliphatic heterocycles. The Balaban J connectivity index is 2.48. The van der Waals surface area contributed by atoms with Crippen LogP contribution in [0.3, 0.4) is 0 Å². The second-order valence-electron chi connectivity index (χ2n) is 3.03. The summed E-state index contributed by atoms with van der Waals surface area (Å²) in [7, 11) is 0. The summed E-state index contributed by atoms with van der Waals surface area (Å²) in [6.45, 7) is 1.80. The van der Waals surface area contributed by atoms with Crippen molar-refractivity contribution in [1.29, 1.82) is 0 Å². The van der Waals surface area contributed by atoms with Crippen molar-refractivity contribution < 1.29 is 14.3 Å². The van der Waals surface area contributed by atoms with Gasteiger partial charge < -0.3 is 15.4 Å². The summed E-state index contributed by atoms with van der Waals surface area (Å²) in [4.78, 5) is 23.9. The summed E-state index contributed by atoms with van der Waals surface area (Å²) < 4.78 is 4.58. The van der Waals surface area contributed by atoms with Crippen LogP contribution >= 0.6 is 0 Å². The van der Waals surface area contributed by atoms with Gasteiger partial charge in [0.25, 0.3) is 5.78 Å². The minimum atomic E-state index is -0.812. The number of ether oxygens (including phenoxy) is 1. The molecule has 0 fully saturated rings. The maximum absolute atomic E-state index is 11.3. The van der Waals surface area contributed by atoms with E-state index in [9.17, 15) is 9.59 Å². The van der Waals surface area contributed by atoms with Gasteiger partial charge >= 0.3 is 5.97 Å². The van der Waals surface area contributed by atoms with Gasteiger partial charge in [-0.05, 0) is 19.1 Å². The smallest absolute Gasteiger partial charge is 0.376 e. The third kappa shape index (κ3) is 3.21. The molecule has 0 aromatic rings. The molecule has 15 heavy (non-hydrogen) atoms. The van der Waals surface area contributed by atoms with Crippen molar-refractivity contribution in [2.24, 2.45) is 5.73 Å². The number of rotatable bonds is 4. The van der Waals surface area contributed by atoms with Crippen LogP contribution in [0.5, 0.6) is 0 Å². The van der Waals surface area contributed by atoms with Crippen molar-refractivity contribution in [1.82, 2.24) is 4.90 Å². The fourth-order valence-electron chi connectivity index (χ4n) is 1.15. The second kappa shape index (κ2) is 5.31. The van der Waals surface area contributed by atoms with Gasteiger partial charge in [0.15, 0.2) is 0 Å². The van der Waals surface area contributed by atoms with Gasteiger partial charge in [0.2, 0.25) is 0 Å². The molecule has 1 rings (SSSR count). The van der Waals surface area contributed by atoms with Crippen LogP contribution in [0.15, 0.2) is 24.4 Å². The number of esters is 1. The SMILES string of the molecule is CCOC(=O)C(=O)CN1C=CC=CC1N. The van der Waals surface area contributed by atoms with E-state index < -0.39 is 11.8 Å². The topological polar surface area (TPSA) is 72.6 Å². The predicted molar refractivity (Wildman–Crippen MR) is 54.6 cm³/mol. The molecule has 5 heteroatoms. The van der Waals surface area contributed by atoms with Crippen LogP contribution in [0.2, 0.25) is 0 Å². The lowest BCUT2D eigenvalue weighted by Crippen LogP contribution is -2.42. The van der Waals surface area contributed by atoms with Crippen LogP contribution in [0.25, 0.3) is 0 Å². The van der Waals surface area contributed by atoms with Gasteiger partial charge in [-0.1, -0.05) is 6.08 Å². The Morgan fingerprint density at radius 1 is 1.47 bits per heavy atom. The molecule has 5 nitrogen and oxygen atoms in total. The zero-order valence-electron chi connectivity index (χ0n) is 8.55. The summed E-state index contributed by atoms with van der Waals surface area (Å²) in [6, 6.07) is 0. The van der Waals surface area contributed by atoms with Crippen molar-refractivity contribution in [2.75, 3.05) is 13.2 Å². The van der Waals surface area contributed by atoms with Gasteiger partial charge in [0.1, 0.15) is 0 Å². The summed E-state index contributed by atoms with van der Waals surface area (Å²) in [6.07, 6.45) is 6.58. The first-order chi connectivity index (χ1) is 7.15. The zero-order valence-corrected chi connectivity index (χ0v) is 8.55. The van der Waals surface area contributed by atoms with Crippen LogP contribution in [0.4, 0.5) is 0 Å². The number of hydrogen-bond donors (Lipinski definition) is 1. The average Bonchev–Trinajstić information content (AvgIpc) is 2.21. The number of carbonyl (C=O) groups is 2. The standard InChI is InChI=1S/C10H14N2O3/c1-2-15-10(14)8(13)7-12-6-4-3-5-9(12)11/h3-6,9H,2,7,11H2,1H3. The van der Waals surface area contributed by atoms with Gasteiger partial charge in [-0.2, -0.15) is 0 Å². The Labute approximate surface area is 88.2 Å². The molecule has 0 spiro atoms. The summed E-state index contributed by atoms with van der Waals surface area (Å²) in [5, 5.41) is 0. The van der Waals surface area contributed by atoms with Gasteiger partial charge in [0.05, 0.1) is 19.3 Å². The molecule has 0 aromatic carbocycles. The van der Waals surface area contributed by atoms with Crippen LogP contribution in [0.1, 0.15) is 6.92 Å². The van der Waals surface area contributed by atoms with Crippen molar-refractivity contribution >= 4 is 11.8 Å². The van der Waals surface area contributed by atoms with Gasteiger partial charge in [-0.3, -0.25) is 4.79 Å². The Morgan fingerprint density at radius 3 is 2.80 bits per heavy atom. The van der Waals surface area contributed by atoms with Crippen LogP contribution in [0, 0.1) is 0 Å². The van der Waals surface area contributed by atoms with Crippen molar-refractivity contribution in [3.63, 3.8) is 0 Å². The quantitative estimate of drug-likeness (QED) is 0.513. The fourth-order valence-corrected chi connectivity index (χ4v) is 1.15. The van der Waals surface area contributed by atoms with E-state index in [2.05, 4.69) is 4.74 Å². The maximum Gasteiger partial charge on any atom is 0.376 e. The van der Waals surface area contributed by atoms with Crippen molar-refractivity contribution in [3.8, 4) is 0 Å². The lowest BCUT2D eigenvalue weighted by molar-refractivity contribution is -0.153. The molecule has 0 radical (unpaired) electrons. The molecule has 0 bridgehead atoms. The van der Waals surface area contributed by atoms with Crippen LogP contribution in [-0.2, 0) is 14.3 Å². The molecule has 2 N–H and O–H groups in total. The number of ketones is 1. The molecular weight excluding hydrogens is 196 g/mol. The minimum Gasteiger partial charge on any atom is -0.460 e. The maximum atomic E-state index is 11.3. The molecule has 82 valence electrons. The van der Waals surface area contributed by atoms with E-state index in [0.717, 1.165) is 0 Å². The Kier molecular flexibility index (Phi) is 4.05. The second-order valence-corrected chi connectivity index (χ2v) is 3.03. The molecule has 1 heterocycles. The zero-order chi connectivity index (χ0) is 11.3. The molecule has 0 saturated carbocycles. The highest BCUT2D eigenvalue weighted by Crippen LogP contribution is 2.03. The average molecular weight is 210 g/mol. The Morgan fingerprint density at radius 2 is 2.20 bits per heavy atom. The lowest BCUT2D eigenvalue weighted by atomic mass is 10.2. The third-order valence-corrected chi connectivity index (χ3v) is 1.91. The van der Waals surface area contributed by atoms with Crippen molar-refractivity contribution in [2.45, 2.75) is 13.1 Å². The van der Waals surface area contributed by atoms with Crippen molar-refractivity contribution in [3.05, 3.63) is 24.4 Å². The summed E-state index contributed by atoms with van der Waals surface area (Å²) >= 11 is 0. The number of hydrogen-bond acceptors (Lipinski definition) is 5. The number of Topliss-reactive ketones (excluding diaryl/α,β-unsaturated/α-hetero) is 1. The summed E-state index contributed by atoms with van der Waals surface area (Å²) in [5.74, 6) is -1.40. The highest BCUT2D eigenvalue weighted by atomic mass is 16.5. The Hall–Kier alpha value is -1.62. The third-order valence-electron chi connectivity index (χ3n) is 1.91. The number of carbonyl (C=O) groups excluding carboxylic acids is 2. The molecule has 0 aromatic heterocycles. The highest BCUT2D eigenvalue weighted by Gasteiger charge is 2.20. The van der Waals surface area contributed by atoms with Gasteiger partial charge in [0, 0.05) is 6.20 Å². The molecular formula is C10H14N2O3. The molecule has 0 aliphatic carbocycles. The minimum absolute atomic E-state index is 0.0547. The fraction of sp³-hybridized carbons (Fsp3) is 0.400. The first kappa shape index (κ1) is 11.5. The number of nitrogens with two attached hydrogens (primary N) is 1. The number of allylic oxidation sites excluding steroid dienone is 2. The Bertz CT molecular complexity index is 310. The van der Waals surface area contributed by atoms with Gasteiger partial charge in [-0.25, -0.2) is 4.79 Å². The van der Waals surface area contributed by atoms with E-state index in [1.54, 1.807) is 36.3 Å². The van der Waals surface area contributed by atoms with E-state index in [-0.39, 0.29) is 19.3 Å². The first-order valence-electron chi connectivity index (χ1n) is 4.71. The number of nitrogens with zero attached hydrogens (tertiary/aromatic N) is 1. The lowest BCUT2D eigenvalue weighted by Gasteiger charge is -2.25. The van der Waals surface area contributed by atoms with E-state index in [1.807, 2.05) is 0 Å². The van der Waals surface area contributed by atoms with E-state index >= 15 is 0 Å². The van der Waals surface area contributed by atoms with Crippen LogP contribution < -0.4 is 5.73 Å². The normalized spacial score (nSPS) is 19.1. The first-order valence-corrected chi connectivity index (χ1v) is 4.71. The van der Waals surface area contributed by atoms with Gasteiger partial charge in [-0.15, -0.1) is 0 Å². The van der Waals surface area contributed by atoms with E-state index in [0.29, 0.717) is 0 Å². The molecule has 1 aliphatic rings. The predicted octanol–water partition coefficient (Wildman–Crippen LogP) is -0.211. The molecule has 1 atom stereocenters. The van der Waals surface area contributed by atoms with E-state index in [4.69, 9.17) is 5.73 Å². The molecule has 1 unspecified atom stereocenters. The van der Waals surface area contributed by atoms with E-state index in [1.165, 1.54) is 0 Å². The van der Waals surface area contributed by atoms with Crippen LogP contribution in [-0.4, -0.2) is 36.0 Å². The molecule has 0 saturated heterocycles. The molecule has 0 amide bonds. The largest absolute Gasteiger partial charge is 0.460 e.